The minimum Gasteiger partial charge on any atom is -0.481 e. The Balaban J connectivity index is 1.79. The molecule has 0 radical (unpaired) electrons. The van der Waals surface area contributed by atoms with E-state index in [0.29, 0.717) is 0 Å². The van der Waals surface area contributed by atoms with Crippen LogP contribution in [-0.4, -0.2) is 46.2 Å². The van der Waals surface area contributed by atoms with E-state index < -0.39 is 35.8 Å². The number of carbonyl (C=O) groups is 3. The average Bonchev–Trinajstić information content (AvgIpc) is 2.98. The minimum absolute atomic E-state index is 0.0782. The number of carbonyl (C=O) groups excluding carboxylic acids is 1. The lowest BCUT2D eigenvalue weighted by molar-refractivity contribution is -0.175. The first-order valence-electron chi connectivity index (χ1n) is 9.81. The number of aliphatic carboxylic acids is 2. The zero-order chi connectivity index (χ0) is 22.8. The Hall–Kier alpha value is -3.39. The fraction of sp³-hybridized carbons (Fsp3) is 0.348. The summed E-state index contributed by atoms with van der Waals surface area (Å²) < 4.78 is 10.4. The Kier molecular flexibility index (Phi) is 6.03. The molecule has 3 rings (SSSR count). The third-order valence-electron chi connectivity index (χ3n) is 4.91. The molecule has 0 heterocycles. The fourth-order valence-corrected chi connectivity index (χ4v) is 3.86. The minimum atomic E-state index is -2.47. The summed E-state index contributed by atoms with van der Waals surface area (Å²) in [6.45, 7) is 4.82. The Morgan fingerprint density at radius 2 is 1.45 bits per heavy atom. The molecule has 0 aromatic heterocycles. The van der Waals surface area contributed by atoms with E-state index in [4.69, 9.17) is 9.47 Å². The molecule has 1 aliphatic rings. The molecule has 2 aromatic carbocycles. The smallest absolute Gasteiger partial charge is 0.481 e. The number of rotatable bonds is 7. The third kappa shape index (κ3) is 4.86. The van der Waals surface area contributed by atoms with E-state index in [1.807, 2.05) is 48.5 Å². The quantitative estimate of drug-likeness (QED) is 0.453. The Labute approximate surface area is 179 Å². The van der Waals surface area contributed by atoms with Crippen molar-refractivity contribution in [2.45, 2.75) is 44.4 Å². The predicted octanol–water partition coefficient (Wildman–Crippen LogP) is 3.60. The van der Waals surface area contributed by atoms with Crippen molar-refractivity contribution in [3.05, 3.63) is 59.7 Å². The number of fused-ring (bicyclic) bond motifs is 3. The van der Waals surface area contributed by atoms with Crippen LogP contribution in [0.2, 0.25) is 0 Å². The maximum atomic E-state index is 12.5. The Bertz CT molecular complexity index is 965. The summed E-state index contributed by atoms with van der Waals surface area (Å²) in [4.78, 5) is 35.7. The molecular weight excluding hydrogens is 402 g/mol. The van der Waals surface area contributed by atoms with Crippen molar-refractivity contribution in [2.24, 2.45) is 0 Å². The first-order valence-corrected chi connectivity index (χ1v) is 9.81. The van der Waals surface area contributed by atoms with E-state index in [2.05, 4.69) is 5.32 Å². The average molecular weight is 427 g/mol. The Morgan fingerprint density at radius 1 is 0.935 bits per heavy atom. The van der Waals surface area contributed by atoms with Crippen LogP contribution in [0.3, 0.4) is 0 Å². The molecule has 164 valence electrons. The normalized spacial score (nSPS) is 14.8. The van der Waals surface area contributed by atoms with Crippen LogP contribution in [0.25, 0.3) is 11.1 Å². The maximum Gasteiger partial charge on any atom is 0.510 e. The molecule has 3 N–H and O–H groups in total. The van der Waals surface area contributed by atoms with Crippen molar-refractivity contribution in [1.29, 1.82) is 0 Å². The highest BCUT2D eigenvalue weighted by Crippen LogP contribution is 2.44. The lowest BCUT2D eigenvalue weighted by Gasteiger charge is -2.35. The van der Waals surface area contributed by atoms with Crippen LogP contribution in [0.15, 0.2) is 48.5 Å². The first-order chi connectivity index (χ1) is 14.5. The highest BCUT2D eigenvalue weighted by molar-refractivity contribution is 5.85. The van der Waals surface area contributed by atoms with E-state index in [-0.39, 0.29) is 12.5 Å². The Morgan fingerprint density at radius 3 is 1.90 bits per heavy atom. The van der Waals surface area contributed by atoms with Crippen LogP contribution in [0.1, 0.15) is 44.2 Å². The van der Waals surface area contributed by atoms with Gasteiger partial charge in [0, 0.05) is 11.5 Å². The van der Waals surface area contributed by atoms with Crippen molar-refractivity contribution >= 4 is 18.1 Å². The molecule has 0 spiro atoms. The van der Waals surface area contributed by atoms with Crippen molar-refractivity contribution in [3.8, 4) is 11.1 Å². The van der Waals surface area contributed by atoms with Gasteiger partial charge < -0.3 is 19.7 Å². The molecular formula is C23H25NO7. The van der Waals surface area contributed by atoms with Crippen molar-refractivity contribution < 1.29 is 34.1 Å². The van der Waals surface area contributed by atoms with Gasteiger partial charge in [0.1, 0.15) is 13.0 Å². The molecule has 0 unspecified atom stereocenters. The molecule has 0 bridgehead atoms. The highest BCUT2D eigenvalue weighted by Gasteiger charge is 2.48. The molecule has 31 heavy (non-hydrogen) atoms. The van der Waals surface area contributed by atoms with E-state index in [0.717, 1.165) is 22.3 Å². The van der Waals surface area contributed by atoms with E-state index in [1.54, 1.807) is 20.8 Å². The number of carboxylic acid groups (broad SMARTS) is 2. The molecule has 0 amide bonds. The van der Waals surface area contributed by atoms with Crippen molar-refractivity contribution in [3.63, 3.8) is 0 Å². The summed E-state index contributed by atoms with van der Waals surface area (Å²) in [5.74, 6) is -3.31. The number of hydrogen-bond donors (Lipinski definition) is 3. The number of benzene rings is 2. The van der Waals surface area contributed by atoms with Gasteiger partial charge in [-0.3, -0.25) is 10.1 Å². The standard InChI is InChI=1S/C23H25NO7/c1-22(2,3)24-23(20(27)28,12-19(25)26)31-21(29)30-13-18-16-10-6-4-8-14(16)15-9-5-7-11-17(15)18/h4-11,18,24H,12-13H2,1-3H3,(H,25,26)(H,27,28)/t23-/m1/s1. The second-order valence-corrected chi connectivity index (χ2v) is 8.47. The van der Waals surface area contributed by atoms with Gasteiger partial charge in [-0.05, 0) is 43.0 Å². The molecule has 1 aliphatic carbocycles. The molecule has 1 atom stereocenters. The van der Waals surface area contributed by atoms with Gasteiger partial charge in [0.25, 0.3) is 5.72 Å². The van der Waals surface area contributed by atoms with Crippen LogP contribution in [0, 0.1) is 0 Å². The second kappa shape index (κ2) is 8.39. The first kappa shape index (κ1) is 22.3. The largest absolute Gasteiger partial charge is 0.510 e. The van der Waals surface area contributed by atoms with Gasteiger partial charge in [0.2, 0.25) is 0 Å². The number of ether oxygens (including phenoxy) is 2. The van der Waals surface area contributed by atoms with E-state index in [1.165, 1.54) is 0 Å². The SMILES string of the molecule is CC(C)(C)N[C@](CC(=O)O)(OC(=O)OCC1c2ccccc2-c2ccccc21)C(=O)O. The zero-order valence-electron chi connectivity index (χ0n) is 17.5. The van der Waals surface area contributed by atoms with E-state index in [9.17, 15) is 24.6 Å². The van der Waals surface area contributed by atoms with Crippen LogP contribution < -0.4 is 5.32 Å². The predicted molar refractivity (Wildman–Crippen MR) is 112 cm³/mol. The van der Waals surface area contributed by atoms with Gasteiger partial charge >= 0.3 is 18.1 Å². The van der Waals surface area contributed by atoms with Gasteiger partial charge in [0.15, 0.2) is 0 Å². The topological polar surface area (TPSA) is 122 Å². The summed E-state index contributed by atoms with van der Waals surface area (Å²) in [5, 5.41) is 21.4. The van der Waals surface area contributed by atoms with Gasteiger partial charge in [-0.2, -0.15) is 0 Å². The lowest BCUT2D eigenvalue weighted by Crippen LogP contribution is -2.62. The van der Waals surface area contributed by atoms with Crippen LogP contribution in [0.5, 0.6) is 0 Å². The molecule has 0 fully saturated rings. The van der Waals surface area contributed by atoms with Gasteiger partial charge in [-0.25, -0.2) is 9.59 Å². The summed E-state index contributed by atoms with van der Waals surface area (Å²) in [6.07, 6.45) is -2.23. The van der Waals surface area contributed by atoms with Crippen molar-refractivity contribution in [1.82, 2.24) is 5.32 Å². The lowest BCUT2D eigenvalue weighted by atomic mass is 9.98. The monoisotopic (exact) mass is 427 g/mol. The van der Waals surface area contributed by atoms with Crippen molar-refractivity contribution in [2.75, 3.05) is 6.61 Å². The number of nitrogens with one attached hydrogen (secondary N) is 1. The summed E-state index contributed by atoms with van der Waals surface area (Å²) >= 11 is 0. The molecule has 0 aliphatic heterocycles. The fourth-order valence-electron chi connectivity index (χ4n) is 3.86. The molecule has 8 heteroatoms. The van der Waals surface area contributed by atoms with Crippen LogP contribution >= 0.6 is 0 Å². The molecule has 0 saturated carbocycles. The van der Waals surface area contributed by atoms with Gasteiger partial charge in [-0.15, -0.1) is 0 Å². The second-order valence-electron chi connectivity index (χ2n) is 8.47. The van der Waals surface area contributed by atoms with E-state index >= 15 is 0 Å². The summed E-state index contributed by atoms with van der Waals surface area (Å²) in [5.41, 5.74) is 0.739. The highest BCUT2D eigenvalue weighted by atomic mass is 16.7. The maximum absolute atomic E-state index is 12.5. The zero-order valence-corrected chi connectivity index (χ0v) is 17.5. The summed E-state index contributed by atoms with van der Waals surface area (Å²) in [7, 11) is 0. The summed E-state index contributed by atoms with van der Waals surface area (Å²) in [6, 6.07) is 15.5. The van der Waals surface area contributed by atoms with Gasteiger partial charge in [-0.1, -0.05) is 48.5 Å². The van der Waals surface area contributed by atoms with Crippen LogP contribution in [0.4, 0.5) is 4.79 Å². The van der Waals surface area contributed by atoms with Crippen LogP contribution in [-0.2, 0) is 19.1 Å². The third-order valence-corrected chi connectivity index (χ3v) is 4.91. The molecule has 8 nitrogen and oxygen atoms in total. The number of carboxylic acids is 2. The molecule has 0 saturated heterocycles. The van der Waals surface area contributed by atoms with Gasteiger partial charge in [0.05, 0.1) is 0 Å². The number of hydrogen-bond acceptors (Lipinski definition) is 6. The molecule has 2 aromatic rings.